The first-order valence-corrected chi connectivity index (χ1v) is 15.4. The highest BCUT2D eigenvalue weighted by Gasteiger charge is 2.59. The fraction of sp³-hybridized carbons (Fsp3) is 0.231. The van der Waals surface area contributed by atoms with Crippen LogP contribution in [-0.2, 0) is 21.5 Å². The number of benzene rings is 4. The van der Waals surface area contributed by atoms with Gasteiger partial charge in [0, 0.05) is 57.3 Å². The number of rotatable bonds is 7. The molecule has 0 fully saturated rings. The number of H-pyrrole nitrogens is 1. The number of para-hydroxylation sites is 2. The number of aryl methyl sites for hydroxylation is 1. The van der Waals surface area contributed by atoms with E-state index in [1.54, 1.807) is 7.11 Å². The number of ketones is 1. The van der Waals surface area contributed by atoms with Gasteiger partial charge in [-0.2, -0.15) is 0 Å². The number of aromatic amines is 1. The van der Waals surface area contributed by atoms with Crippen LogP contribution in [0.2, 0.25) is 0 Å². The number of carbonyl (C=O) groups excluding carboxylic acids is 2. The highest BCUT2D eigenvalue weighted by atomic mass is 16.5. The van der Waals surface area contributed by atoms with Gasteiger partial charge in [0.15, 0.2) is 5.78 Å². The molecule has 1 amide bonds. The molecule has 0 spiro atoms. The summed E-state index contributed by atoms with van der Waals surface area (Å²) in [5.74, 6) is 0.609. The molecule has 7 rings (SSSR count). The van der Waals surface area contributed by atoms with Crippen molar-refractivity contribution in [2.45, 2.75) is 45.6 Å². The van der Waals surface area contributed by atoms with Gasteiger partial charge in [-0.05, 0) is 60.2 Å². The molecule has 6 nitrogen and oxygen atoms in total. The molecule has 1 aromatic heterocycles. The number of carbonyl (C=O) groups is 2. The lowest BCUT2D eigenvalue weighted by Gasteiger charge is -2.40. The summed E-state index contributed by atoms with van der Waals surface area (Å²) in [6.45, 7) is 6.69. The minimum atomic E-state index is -1.36. The Morgan fingerprint density at radius 1 is 0.844 bits per heavy atom. The Hall–Kier alpha value is -5.10. The van der Waals surface area contributed by atoms with Crippen LogP contribution >= 0.6 is 0 Å². The predicted octanol–water partition coefficient (Wildman–Crippen LogP) is 8.07. The highest BCUT2D eigenvalue weighted by molar-refractivity contribution is 6.21. The molecule has 0 bridgehead atoms. The molecule has 4 aromatic carbocycles. The van der Waals surface area contributed by atoms with E-state index in [2.05, 4.69) is 43.2 Å². The molecular formula is C39H37N3O3. The number of anilines is 2. The normalized spacial score (nSPS) is 19.2. The summed E-state index contributed by atoms with van der Waals surface area (Å²) >= 11 is 0. The summed E-state index contributed by atoms with van der Waals surface area (Å²) in [6.07, 6.45) is 2.90. The van der Waals surface area contributed by atoms with Crippen LogP contribution in [0.5, 0.6) is 5.75 Å². The van der Waals surface area contributed by atoms with Crippen LogP contribution < -0.4 is 15.0 Å². The Labute approximate surface area is 263 Å². The van der Waals surface area contributed by atoms with Crippen LogP contribution in [0.3, 0.4) is 0 Å². The van der Waals surface area contributed by atoms with E-state index in [4.69, 9.17) is 4.74 Å². The Morgan fingerprint density at radius 2 is 1.58 bits per heavy atom. The fourth-order valence-corrected chi connectivity index (χ4v) is 7.34. The molecule has 6 heteroatoms. The highest BCUT2D eigenvalue weighted by Crippen LogP contribution is 2.56. The summed E-state index contributed by atoms with van der Waals surface area (Å²) in [5, 5.41) is 4.57. The minimum Gasteiger partial charge on any atom is -0.497 e. The van der Waals surface area contributed by atoms with E-state index in [0.29, 0.717) is 25.0 Å². The van der Waals surface area contributed by atoms with Crippen molar-refractivity contribution in [3.05, 3.63) is 137 Å². The zero-order chi connectivity index (χ0) is 31.3. The number of fused-ring (bicyclic) bond motifs is 2. The van der Waals surface area contributed by atoms with Crippen LogP contribution in [-0.4, -0.2) is 23.8 Å². The summed E-state index contributed by atoms with van der Waals surface area (Å²) in [6, 6.07) is 31.8. The quantitative estimate of drug-likeness (QED) is 0.200. The largest absolute Gasteiger partial charge is 0.497 e. The molecule has 45 heavy (non-hydrogen) atoms. The molecule has 1 aliphatic carbocycles. The third-order valence-electron chi connectivity index (χ3n) is 9.31. The molecule has 1 aliphatic heterocycles. The van der Waals surface area contributed by atoms with Gasteiger partial charge in [0.05, 0.1) is 13.7 Å². The topological polar surface area (TPSA) is 74.4 Å². The smallest absolute Gasteiger partial charge is 0.247 e. The van der Waals surface area contributed by atoms with Gasteiger partial charge in [0.25, 0.3) is 0 Å². The van der Waals surface area contributed by atoms with Crippen molar-refractivity contribution in [3.8, 4) is 5.75 Å². The summed E-state index contributed by atoms with van der Waals surface area (Å²) in [5.41, 5.74) is 5.98. The molecule has 1 atom stereocenters. The van der Waals surface area contributed by atoms with Crippen LogP contribution in [0.15, 0.2) is 115 Å². The van der Waals surface area contributed by atoms with Gasteiger partial charge in [-0.1, -0.05) is 80.6 Å². The van der Waals surface area contributed by atoms with Gasteiger partial charge < -0.3 is 19.9 Å². The van der Waals surface area contributed by atoms with E-state index in [-0.39, 0.29) is 17.1 Å². The first-order valence-electron chi connectivity index (χ1n) is 15.4. The van der Waals surface area contributed by atoms with E-state index >= 15 is 4.79 Å². The molecule has 2 heterocycles. The van der Waals surface area contributed by atoms with Crippen molar-refractivity contribution in [2.75, 3.05) is 17.3 Å². The summed E-state index contributed by atoms with van der Waals surface area (Å²) in [4.78, 5) is 35.6. The Morgan fingerprint density at radius 3 is 2.33 bits per heavy atom. The molecule has 0 radical (unpaired) electrons. The van der Waals surface area contributed by atoms with Crippen LogP contribution in [0.1, 0.15) is 48.9 Å². The number of aromatic nitrogens is 1. The molecule has 0 unspecified atom stereocenters. The number of hydrogen-bond donors (Lipinski definition) is 2. The Balaban J connectivity index is 1.54. The van der Waals surface area contributed by atoms with Crippen LogP contribution in [0, 0.1) is 12.3 Å². The minimum absolute atomic E-state index is 0.0195. The standard InChI is InChI=1S/C39H37N3O3/c1-25-11-10-14-29-31(23-40-36(25)29)39(30-15-8-9-16-33(30)42(37(39)44)24-26-12-6-5-7-13-26)35-32(21-38(2,3)22-34(35)43)41-27-17-19-28(45-4)20-18-27/h5-20,23,40-41H,21-22,24H2,1-4H3/t39-/m1/s1. The van der Waals surface area contributed by atoms with E-state index in [0.717, 1.165) is 56.0 Å². The molecule has 0 saturated carbocycles. The number of Topliss-reactive ketones (excluding diaryl/α,β-unsaturated/α-hetero) is 1. The number of allylic oxidation sites excluding steroid dienone is 1. The summed E-state index contributed by atoms with van der Waals surface area (Å²) < 4.78 is 5.39. The van der Waals surface area contributed by atoms with Crippen LogP contribution in [0.25, 0.3) is 10.9 Å². The lowest BCUT2D eigenvalue weighted by molar-refractivity contribution is -0.125. The molecule has 226 valence electrons. The first kappa shape index (κ1) is 28.7. The number of hydrogen-bond acceptors (Lipinski definition) is 4. The van der Waals surface area contributed by atoms with Gasteiger partial charge in [-0.15, -0.1) is 0 Å². The maximum absolute atomic E-state index is 15.5. The molecule has 0 saturated heterocycles. The summed E-state index contributed by atoms with van der Waals surface area (Å²) in [7, 11) is 1.64. The monoisotopic (exact) mass is 595 g/mol. The second-order valence-corrected chi connectivity index (χ2v) is 13.0. The molecular weight excluding hydrogens is 558 g/mol. The Kier molecular flexibility index (Phi) is 6.88. The fourth-order valence-electron chi connectivity index (χ4n) is 7.34. The van der Waals surface area contributed by atoms with Gasteiger partial charge >= 0.3 is 0 Å². The lowest BCUT2D eigenvalue weighted by atomic mass is 9.62. The number of nitrogens with one attached hydrogen (secondary N) is 2. The zero-order valence-corrected chi connectivity index (χ0v) is 26.1. The Bertz CT molecular complexity index is 1970. The third-order valence-corrected chi connectivity index (χ3v) is 9.31. The zero-order valence-electron chi connectivity index (χ0n) is 26.1. The van der Waals surface area contributed by atoms with Crippen molar-refractivity contribution in [1.29, 1.82) is 0 Å². The lowest BCUT2D eigenvalue weighted by Crippen LogP contribution is -2.47. The van der Waals surface area contributed by atoms with Gasteiger partial charge in [-0.25, -0.2) is 0 Å². The van der Waals surface area contributed by atoms with Gasteiger partial charge in [-0.3, -0.25) is 9.59 Å². The van der Waals surface area contributed by atoms with E-state index < -0.39 is 5.41 Å². The maximum atomic E-state index is 15.5. The van der Waals surface area contributed by atoms with E-state index in [1.807, 2.05) is 96.0 Å². The molecule has 2 aliphatic rings. The number of ether oxygens (including phenoxy) is 1. The second kappa shape index (κ2) is 10.8. The van der Waals surface area contributed by atoms with Crippen molar-refractivity contribution < 1.29 is 14.3 Å². The number of amides is 1. The number of methoxy groups -OCH3 is 1. The average Bonchev–Trinajstić information content (AvgIpc) is 3.56. The maximum Gasteiger partial charge on any atom is 0.247 e. The van der Waals surface area contributed by atoms with Crippen LogP contribution in [0.4, 0.5) is 11.4 Å². The van der Waals surface area contributed by atoms with E-state index in [9.17, 15) is 4.79 Å². The predicted molar refractivity (Wildman–Crippen MR) is 180 cm³/mol. The van der Waals surface area contributed by atoms with Crippen molar-refractivity contribution in [2.24, 2.45) is 5.41 Å². The molecule has 5 aromatic rings. The first-order chi connectivity index (χ1) is 21.7. The third kappa shape index (κ3) is 4.63. The van der Waals surface area contributed by atoms with Gasteiger partial charge in [0.1, 0.15) is 11.2 Å². The van der Waals surface area contributed by atoms with Crippen molar-refractivity contribution in [3.63, 3.8) is 0 Å². The van der Waals surface area contributed by atoms with Gasteiger partial charge in [0.2, 0.25) is 5.91 Å². The number of nitrogens with zero attached hydrogens (tertiary/aromatic N) is 1. The van der Waals surface area contributed by atoms with Crippen molar-refractivity contribution in [1.82, 2.24) is 4.98 Å². The van der Waals surface area contributed by atoms with E-state index in [1.165, 1.54) is 0 Å². The average molecular weight is 596 g/mol. The SMILES string of the molecule is COc1ccc(NC2=C([C@@]3(c4c[nH]c5c(C)cccc45)C(=O)N(Cc4ccccc4)c4ccccc43)C(=O)CC(C)(C)C2)cc1. The van der Waals surface area contributed by atoms with Crippen molar-refractivity contribution >= 4 is 34.0 Å². The molecule has 2 N–H and O–H groups in total. The second-order valence-electron chi connectivity index (χ2n) is 13.0.